The zero-order valence-corrected chi connectivity index (χ0v) is 27.3. The lowest BCUT2D eigenvalue weighted by molar-refractivity contribution is 0.631. The number of hydrogen-bond donors (Lipinski definition) is 0. The van der Waals surface area contributed by atoms with E-state index in [2.05, 4.69) is 175 Å². The van der Waals surface area contributed by atoms with Gasteiger partial charge in [-0.2, -0.15) is 0 Å². The molecule has 1 heterocycles. The third-order valence-electron chi connectivity index (χ3n) is 9.97. The number of rotatable bonds is 5. The first-order valence-corrected chi connectivity index (χ1v) is 17.1. The van der Waals surface area contributed by atoms with Crippen molar-refractivity contribution < 1.29 is 4.42 Å². The van der Waals surface area contributed by atoms with E-state index in [1.165, 1.54) is 48.7 Å². The molecule has 234 valence electrons. The second-order valence-corrected chi connectivity index (χ2v) is 13.0. The lowest BCUT2D eigenvalue weighted by Gasteiger charge is -2.27. The fourth-order valence-electron chi connectivity index (χ4n) is 7.43. The summed E-state index contributed by atoms with van der Waals surface area (Å²) in [6.45, 7) is 0. The molecule has 0 amide bonds. The van der Waals surface area contributed by atoms with Gasteiger partial charge < -0.3 is 9.32 Å². The van der Waals surface area contributed by atoms with Crippen LogP contribution in [-0.2, 0) is 0 Å². The maximum atomic E-state index is 6.19. The lowest BCUT2D eigenvalue weighted by atomic mass is 9.98. The number of fused-ring (bicyclic) bond motifs is 6. The quantitative estimate of drug-likeness (QED) is 0.175. The molecule has 1 aromatic heterocycles. The predicted octanol–water partition coefficient (Wildman–Crippen LogP) is 13.8. The van der Waals surface area contributed by atoms with Gasteiger partial charge in [-0.25, -0.2) is 0 Å². The van der Waals surface area contributed by atoms with E-state index >= 15 is 0 Å². The predicted molar refractivity (Wildman–Crippen MR) is 212 cm³/mol. The summed E-state index contributed by atoms with van der Waals surface area (Å²) < 4.78 is 6.19. The molecule has 0 N–H and O–H groups in total. The summed E-state index contributed by atoms with van der Waals surface area (Å²) in [5.41, 5.74) is 7.69. The number of hydrogen-bond acceptors (Lipinski definition) is 2. The van der Waals surface area contributed by atoms with Crippen LogP contribution >= 0.6 is 0 Å². The number of furan rings is 1. The van der Waals surface area contributed by atoms with Crippen molar-refractivity contribution in [1.29, 1.82) is 0 Å². The lowest BCUT2D eigenvalue weighted by Crippen LogP contribution is -2.10. The normalized spacial score (nSPS) is 11.6. The molecule has 10 aromatic rings. The summed E-state index contributed by atoms with van der Waals surface area (Å²) in [6.07, 6.45) is 0. The van der Waals surface area contributed by atoms with Gasteiger partial charge in [0.15, 0.2) is 0 Å². The third kappa shape index (κ3) is 4.89. The highest BCUT2D eigenvalue weighted by molar-refractivity contribution is 6.09. The molecule has 0 bridgehead atoms. The molecule has 0 aliphatic rings. The molecule has 0 unspecified atom stereocenters. The zero-order valence-electron chi connectivity index (χ0n) is 27.3. The number of anilines is 3. The Hall–Kier alpha value is -6.64. The van der Waals surface area contributed by atoms with E-state index in [1.54, 1.807) is 0 Å². The Morgan fingerprint density at radius 1 is 0.300 bits per heavy atom. The first-order valence-electron chi connectivity index (χ1n) is 17.1. The Morgan fingerprint density at radius 2 is 0.840 bits per heavy atom. The Kier molecular flexibility index (Phi) is 6.53. The fourth-order valence-corrected chi connectivity index (χ4v) is 7.43. The van der Waals surface area contributed by atoms with Crippen molar-refractivity contribution in [3.63, 3.8) is 0 Å². The van der Waals surface area contributed by atoms with Crippen LogP contribution in [0.1, 0.15) is 0 Å². The molecule has 0 aliphatic carbocycles. The van der Waals surface area contributed by atoms with Crippen molar-refractivity contribution >= 4 is 71.1 Å². The number of benzene rings is 9. The molecule has 10 rings (SSSR count). The average Bonchev–Trinajstić information content (AvgIpc) is 3.62. The van der Waals surface area contributed by atoms with Gasteiger partial charge in [0.2, 0.25) is 0 Å². The summed E-state index contributed by atoms with van der Waals surface area (Å²) >= 11 is 0. The standard InChI is InChI=1S/C48H31NO/c1-2-10-35-28-42(22-20-32(35)8-1)49(44-24-25-46-39(30-44)19-16-33-9-3-5-14-45(33)46)43-23-21-37-26-36(17-18-38(37)29-43)34-12-7-13-40(27-34)48-31-41-11-4-6-15-47(41)50-48/h1-31H. The fraction of sp³-hybridized carbons (Fsp3) is 0. The van der Waals surface area contributed by atoms with Crippen LogP contribution in [0.15, 0.2) is 192 Å². The first-order chi connectivity index (χ1) is 24.7. The van der Waals surface area contributed by atoms with Crippen LogP contribution in [0.2, 0.25) is 0 Å². The maximum absolute atomic E-state index is 6.19. The van der Waals surface area contributed by atoms with E-state index < -0.39 is 0 Å². The molecule has 0 atom stereocenters. The number of nitrogens with zero attached hydrogens (tertiary/aromatic N) is 1. The van der Waals surface area contributed by atoms with Crippen LogP contribution < -0.4 is 4.90 Å². The Labute approximate surface area is 290 Å². The van der Waals surface area contributed by atoms with Gasteiger partial charge in [-0.1, -0.05) is 127 Å². The van der Waals surface area contributed by atoms with Gasteiger partial charge >= 0.3 is 0 Å². The minimum absolute atomic E-state index is 0.883. The molecule has 0 saturated carbocycles. The minimum Gasteiger partial charge on any atom is -0.456 e. The first kappa shape index (κ1) is 28.4. The molecule has 9 aromatic carbocycles. The summed E-state index contributed by atoms with van der Waals surface area (Å²) in [4.78, 5) is 2.38. The molecule has 0 radical (unpaired) electrons. The van der Waals surface area contributed by atoms with Crippen LogP contribution in [0.4, 0.5) is 17.1 Å². The highest BCUT2D eigenvalue weighted by Crippen LogP contribution is 2.40. The van der Waals surface area contributed by atoms with Crippen LogP contribution in [0, 0.1) is 0 Å². The van der Waals surface area contributed by atoms with Gasteiger partial charge in [-0.15, -0.1) is 0 Å². The van der Waals surface area contributed by atoms with E-state index in [-0.39, 0.29) is 0 Å². The van der Waals surface area contributed by atoms with E-state index in [4.69, 9.17) is 4.42 Å². The Bertz CT molecular complexity index is 2860. The van der Waals surface area contributed by atoms with Crippen molar-refractivity contribution in [1.82, 2.24) is 0 Å². The van der Waals surface area contributed by atoms with Gasteiger partial charge in [0.1, 0.15) is 11.3 Å². The van der Waals surface area contributed by atoms with Crippen LogP contribution in [0.3, 0.4) is 0 Å². The highest BCUT2D eigenvalue weighted by atomic mass is 16.3. The third-order valence-corrected chi connectivity index (χ3v) is 9.97. The minimum atomic E-state index is 0.883. The highest BCUT2D eigenvalue weighted by Gasteiger charge is 2.16. The molecule has 2 nitrogen and oxygen atoms in total. The van der Waals surface area contributed by atoms with Crippen LogP contribution in [-0.4, -0.2) is 0 Å². The van der Waals surface area contributed by atoms with Crippen molar-refractivity contribution in [3.8, 4) is 22.5 Å². The van der Waals surface area contributed by atoms with Crippen LogP contribution in [0.25, 0.3) is 76.5 Å². The van der Waals surface area contributed by atoms with Crippen molar-refractivity contribution in [2.24, 2.45) is 0 Å². The molecular weight excluding hydrogens is 607 g/mol. The molecule has 0 fully saturated rings. The molecule has 0 saturated heterocycles. The topological polar surface area (TPSA) is 16.4 Å². The Balaban J connectivity index is 1.07. The van der Waals surface area contributed by atoms with Crippen molar-refractivity contribution in [2.75, 3.05) is 4.90 Å². The van der Waals surface area contributed by atoms with E-state index in [0.717, 1.165) is 44.9 Å². The zero-order chi connectivity index (χ0) is 33.0. The van der Waals surface area contributed by atoms with Gasteiger partial charge in [-0.05, 0) is 115 Å². The van der Waals surface area contributed by atoms with Crippen molar-refractivity contribution in [2.45, 2.75) is 0 Å². The largest absolute Gasteiger partial charge is 0.456 e. The summed E-state index contributed by atoms with van der Waals surface area (Å²) in [6, 6.07) is 67.7. The SMILES string of the molecule is c1cc(-c2ccc3cc(N(c4ccc5ccccc5c4)c4ccc5c(ccc6ccccc65)c4)ccc3c2)cc(-c2cc3ccccc3o2)c1. The average molecular weight is 638 g/mol. The van der Waals surface area contributed by atoms with E-state index in [0.29, 0.717) is 0 Å². The van der Waals surface area contributed by atoms with Gasteiger partial charge in [-0.3, -0.25) is 0 Å². The van der Waals surface area contributed by atoms with Gasteiger partial charge in [0, 0.05) is 28.0 Å². The second kappa shape index (κ2) is 11.5. The second-order valence-electron chi connectivity index (χ2n) is 13.0. The Morgan fingerprint density at radius 3 is 1.68 bits per heavy atom. The van der Waals surface area contributed by atoms with Gasteiger partial charge in [0.25, 0.3) is 0 Å². The maximum Gasteiger partial charge on any atom is 0.135 e. The smallest absolute Gasteiger partial charge is 0.135 e. The number of para-hydroxylation sites is 1. The molecule has 0 aliphatic heterocycles. The van der Waals surface area contributed by atoms with E-state index in [9.17, 15) is 0 Å². The molecule has 0 spiro atoms. The monoisotopic (exact) mass is 637 g/mol. The van der Waals surface area contributed by atoms with Crippen LogP contribution in [0.5, 0.6) is 0 Å². The molecule has 50 heavy (non-hydrogen) atoms. The van der Waals surface area contributed by atoms with Gasteiger partial charge in [0.05, 0.1) is 0 Å². The summed E-state index contributed by atoms with van der Waals surface area (Å²) in [5.74, 6) is 0.883. The van der Waals surface area contributed by atoms with Crippen molar-refractivity contribution in [3.05, 3.63) is 188 Å². The molecule has 2 heteroatoms. The van der Waals surface area contributed by atoms with E-state index in [1.807, 2.05) is 18.2 Å². The summed E-state index contributed by atoms with van der Waals surface area (Å²) in [7, 11) is 0. The summed E-state index contributed by atoms with van der Waals surface area (Å²) in [5, 5.41) is 11.0. The molecular formula is C48H31NO.